The second kappa shape index (κ2) is 8.77. The van der Waals surface area contributed by atoms with Gasteiger partial charge in [0.2, 0.25) is 0 Å². The Morgan fingerprint density at radius 3 is 2.57 bits per heavy atom. The molecule has 4 rings (SSSR count). The highest BCUT2D eigenvalue weighted by Gasteiger charge is 2.39. The summed E-state index contributed by atoms with van der Waals surface area (Å²) in [6.45, 7) is 0.941. The predicted molar refractivity (Wildman–Crippen MR) is 113 cm³/mol. The molecule has 3 heterocycles. The fourth-order valence-electron chi connectivity index (χ4n) is 4.61. The zero-order chi connectivity index (χ0) is 21.3. The lowest BCUT2D eigenvalue weighted by atomic mass is 9.81. The van der Waals surface area contributed by atoms with E-state index >= 15 is 0 Å². The van der Waals surface area contributed by atoms with Gasteiger partial charge >= 0.3 is 12.2 Å². The number of alkyl halides is 3. The fourth-order valence-corrected chi connectivity index (χ4v) is 5.55. The number of urea groups is 1. The lowest BCUT2D eigenvalue weighted by molar-refractivity contribution is -0.137. The van der Waals surface area contributed by atoms with Crippen LogP contribution in [0.3, 0.4) is 0 Å². The largest absolute Gasteiger partial charge is 0.417 e. The van der Waals surface area contributed by atoms with Gasteiger partial charge in [0.1, 0.15) is 0 Å². The third kappa shape index (κ3) is 4.92. The standard InChI is InChI=1S/C21H23ClF3N3OS/c22-19-7-6-13(11-18(19)21(23,24)25)26-20(29)27-14-9-15-3-1-4-16(10-14)28(15)12-17-5-2-8-30-17/h2,5-8,11,14-16H,1,3-4,9-10,12H2,(H2,26,27,29)/t15-,16-/m1/s1. The van der Waals surface area contributed by atoms with Crippen molar-refractivity contribution in [2.75, 3.05) is 5.32 Å². The summed E-state index contributed by atoms with van der Waals surface area (Å²) in [5.41, 5.74) is -0.891. The highest BCUT2D eigenvalue weighted by atomic mass is 35.5. The Balaban J connectivity index is 1.37. The van der Waals surface area contributed by atoms with Crippen LogP contribution < -0.4 is 10.6 Å². The second-order valence-electron chi connectivity index (χ2n) is 7.95. The van der Waals surface area contributed by atoms with Gasteiger partial charge in [0.15, 0.2) is 0 Å². The monoisotopic (exact) mass is 457 g/mol. The van der Waals surface area contributed by atoms with Crippen molar-refractivity contribution in [2.45, 2.75) is 63.0 Å². The first kappa shape index (κ1) is 21.5. The van der Waals surface area contributed by atoms with Gasteiger partial charge in [-0.15, -0.1) is 11.3 Å². The summed E-state index contributed by atoms with van der Waals surface area (Å²) in [6, 6.07) is 7.95. The van der Waals surface area contributed by atoms with E-state index in [1.54, 1.807) is 11.3 Å². The first-order chi connectivity index (χ1) is 14.3. The van der Waals surface area contributed by atoms with E-state index in [1.807, 2.05) is 0 Å². The second-order valence-corrected chi connectivity index (χ2v) is 9.39. The number of nitrogens with one attached hydrogen (secondary N) is 2. The molecule has 0 unspecified atom stereocenters. The summed E-state index contributed by atoms with van der Waals surface area (Å²) >= 11 is 7.40. The van der Waals surface area contributed by atoms with E-state index in [4.69, 9.17) is 11.6 Å². The fraction of sp³-hybridized carbons (Fsp3) is 0.476. The molecule has 4 nitrogen and oxygen atoms in total. The molecule has 2 atom stereocenters. The zero-order valence-corrected chi connectivity index (χ0v) is 17.8. The topological polar surface area (TPSA) is 44.4 Å². The van der Waals surface area contributed by atoms with Crippen LogP contribution in [0.5, 0.6) is 0 Å². The number of piperidine rings is 2. The van der Waals surface area contributed by atoms with Gasteiger partial charge in [-0.05, 0) is 55.3 Å². The first-order valence-electron chi connectivity index (χ1n) is 10.0. The van der Waals surface area contributed by atoms with Crippen LogP contribution in [0.1, 0.15) is 42.5 Å². The maximum absolute atomic E-state index is 13.0. The van der Waals surface area contributed by atoms with Crippen LogP contribution in [0.15, 0.2) is 35.7 Å². The SMILES string of the molecule is O=C(Nc1ccc(Cl)c(C(F)(F)F)c1)NC1C[C@H]2CCC[C@H](C1)N2Cc1cccs1. The Kier molecular flexibility index (Phi) is 6.27. The molecule has 0 aliphatic carbocycles. The van der Waals surface area contributed by atoms with Gasteiger partial charge in [-0.25, -0.2) is 4.79 Å². The molecule has 0 saturated carbocycles. The molecule has 2 aliphatic heterocycles. The van der Waals surface area contributed by atoms with Crippen molar-refractivity contribution in [1.82, 2.24) is 10.2 Å². The Morgan fingerprint density at radius 2 is 1.93 bits per heavy atom. The minimum atomic E-state index is -4.57. The number of rotatable bonds is 4. The van der Waals surface area contributed by atoms with Gasteiger partial charge in [-0.1, -0.05) is 24.1 Å². The number of thiophene rings is 1. The highest BCUT2D eigenvalue weighted by molar-refractivity contribution is 7.09. The Hall–Kier alpha value is -1.77. The van der Waals surface area contributed by atoms with Crippen LogP contribution in [0, 0.1) is 0 Å². The van der Waals surface area contributed by atoms with Crippen molar-refractivity contribution in [3.63, 3.8) is 0 Å². The van der Waals surface area contributed by atoms with Crippen molar-refractivity contribution in [2.24, 2.45) is 0 Å². The van der Waals surface area contributed by atoms with E-state index in [-0.39, 0.29) is 16.8 Å². The highest BCUT2D eigenvalue weighted by Crippen LogP contribution is 2.37. The van der Waals surface area contributed by atoms with Crippen molar-refractivity contribution in [1.29, 1.82) is 0 Å². The molecule has 0 radical (unpaired) electrons. The average molecular weight is 458 g/mol. The smallest absolute Gasteiger partial charge is 0.335 e. The number of carbonyl (C=O) groups excluding carboxylic acids is 1. The van der Waals surface area contributed by atoms with E-state index in [0.29, 0.717) is 12.1 Å². The summed E-state index contributed by atoms with van der Waals surface area (Å²) in [6.07, 6.45) is 0.535. The van der Waals surface area contributed by atoms with Crippen LogP contribution in [0.2, 0.25) is 5.02 Å². The molecule has 2 aromatic rings. The number of amides is 2. The van der Waals surface area contributed by atoms with E-state index in [2.05, 4.69) is 33.0 Å². The van der Waals surface area contributed by atoms with E-state index in [9.17, 15) is 18.0 Å². The number of hydrogen-bond donors (Lipinski definition) is 2. The predicted octanol–water partition coefficient (Wildman–Crippen LogP) is 6.13. The van der Waals surface area contributed by atoms with Crippen molar-refractivity contribution in [3.8, 4) is 0 Å². The Bertz CT molecular complexity index is 876. The molecular formula is C21H23ClF3N3OS. The number of carbonyl (C=O) groups is 1. The minimum Gasteiger partial charge on any atom is -0.335 e. The van der Waals surface area contributed by atoms with Crippen LogP contribution in [0.25, 0.3) is 0 Å². The molecule has 2 aliphatic rings. The van der Waals surface area contributed by atoms with Crippen LogP contribution in [-0.2, 0) is 12.7 Å². The van der Waals surface area contributed by atoms with Gasteiger partial charge in [-0.3, -0.25) is 4.90 Å². The van der Waals surface area contributed by atoms with E-state index < -0.39 is 17.8 Å². The van der Waals surface area contributed by atoms with Crippen molar-refractivity contribution >= 4 is 34.7 Å². The summed E-state index contributed by atoms with van der Waals surface area (Å²) < 4.78 is 39.1. The molecule has 2 N–H and O–H groups in total. The third-order valence-corrected chi connectivity index (χ3v) is 7.10. The summed E-state index contributed by atoms with van der Waals surface area (Å²) in [7, 11) is 0. The van der Waals surface area contributed by atoms with Crippen LogP contribution in [-0.4, -0.2) is 29.1 Å². The van der Waals surface area contributed by atoms with Crippen molar-refractivity contribution < 1.29 is 18.0 Å². The molecule has 2 amide bonds. The summed E-state index contributed by atoms with van der Waals surface area (Å²) in [4.78, 5) is 16.3. The number of halogens is 4. The van der Waals surface area contributed by atoms with E-state index in [1.165, 1.54) is 17.4 Å². The van der Waals surface area contributed by atoms with Crippen LogP contribution >= 0.6 is 22.9 Å². The number of nitrogens with zero attached hydrogens (tertiary/aromatic N) is 1. The number of hydrogen-bond acceptors (Lipinski definition) is 3. The minimum absolute atomic E-state index is 0.00859. The van der Waals surface area contributed by atoms with Gasteiger partial charge in [0, 0.05) is 35.2 Å². The molecule has 0 spiro atoms. The molecule has 9 heteroatoms. The summed E-state index contributed by atoms with van der Waals surface area (Å²) in [5.74, 6) is 0. The third-order valence-electron chi connectivity index (χ3n) is 5.91. The Labute approximate surface area is 182 Å². The molecule has 2 saturated heterocycles. The van der Waals surface area contributed by atoms with Gasteiger partial charge in [0.25, 0.3) is 0 Å². The number of fused-ring (bicyclic) bond motifs is 2. The van der Waals surface area contributed by atoms with Gasteiger partial charge in [0.05, 0.1) is 10.6 Å². The lowest BCUT2D eigenvalue weighted by Crippen LogP contribution is -2.56. The van der Waals surface area contributed by atoms with Gasteiger partial charge < -0.3 is 10.6 Å². The molecule has 162 valence electrons. The maximum atomic E-state index is 13.0. The molecule has 30 heavy (non-hydrogen) atoms. The average Bonchev–Trinajstić information content (AvgIpc) is 3.16. The number of benzene rings is 1. The quantitative estimate of drug-likeness (QED) is 0.580. The number of anilines is 1. The van der Waals surface area contributed by atoms with Crippen molar-refractivity contribution in [3.05, 3.63) is 51.2 Å². The molecular weight excluding hydrogens is 435 g/mol. The van der Waals surface area contributed by atoms with E-state index in [0.717, 1.165) is 44.4 Å². The normalized spacial score (nSPS) is 24.5. The molecule has 2 fully saturated rings. The molecule has 1 aromatic heterocycles. The first-order valence-corrected chi connectivity index (χ1v) is 11.3. The Morgan fingerprint density at radius 1 is 1.20 bits per heavy atom. The molecule has 2 bridgehead atoms. The zero-order valence-electron chi connectivity index (χ0n) is 16.2. The van der Waals surface area contributed by atoms with Crippen LogP contribution in [0.4, 0.5) is 23.7 Å². The lowest BCUT2D eigenvalue weighted by Gasteiger charge is -2.48. The summed E-state index contributed by atoms with van der Waals surface area (Å²) in [5, 5.41) is 7.18. The molecule has 1 aromatic carbocycles. The van der Waals surface area contributed by atoms with Gasteiger partial charge in [-0.2, -0.15) is 13.2 Å². The maximum Gasteiger partial charge on any atom is 0.417 e.